The fourth-order valence-corrected chi connectivity index (χ4v) is 5.07. The van der Waals surface area contributed by atoms with Crippen LogP contribution in [0.4, 0.5) is 0 Å². The van der Waals surface area contributed by atoms with Crippen LogP contribution in [0.15, 0.2) is 0 Å². The first-order valence-electron chi connectivity index (χ1n) is 8.04. The second-order valence-corrected chi connectivity index (χ2v) is 7.46. The third kappa shape index (κ3) is 1.84. The third-order valence-corrected chi connectivity index (χ3v) is 6.25. The van der Waals surface area contributed by atoms with E-state index in [1.165, 1.54) is 57.8 Å². The van der Waals surface area contributed by atoms with E-state index < -0.39 is 0 Å². The van der Waals surface area contributed by atoms with Crippen LogP contribution in [0.3, 0.4) is 0 Å². The summed E-state index contributed by atoms with van der Waals surface area (Å²) in [5, 5.41) is 3.59. The quantitative estimate of drug-likeness (QED) is 0.827. The van der Waals surface area contributed by atoms with Gasteiger partial charge < -0.3 is 5.32 Å². The number of hydrogen-bond donors (Lipinski definition) is 1. The lowest BCUT2D eigenvalue weighted by molar-refractivity contribution is -0.121. The fourth-order valence-electron chi connectivity index (χ4n) is 5.07. The summed E-state index contributed by atoms with van der Waals surface area (Å²) in [5.41, 5.74) is 0.521. The van der Waals surface area contributed by atoms with Crippen LogP contribution in [0, 0.1) is 17.3 Å². The maximum Gasteiger partial charge on any atom is 0.136 e. The number of ketones is 1. The lowest BCUT2D eigenvalue weighted by Crippen LogP contribution is -2.57. The molecule has 18 heavy (non-hydrogen) atoms. The fraction of sp³-hybridized carbons (Fsp3) is 0.938. The van der Waals surface area contributed by atoms with Crippen molar-refractivity contribution >= 4 is 5.78 Å². The van der Waals surface area contributed by atoms with Crippen LogP contribution in [0.2, 0.25) is 0 Å². The molecule has 1 N–H and O–H groups in total. The average Bonchev–Trinajstić information content (AvgIpc) is 2.84. The summed E-state index contributed by atoms with van der Waals surface area (Å²) < 4.78 is 0. The Hall–Kier alpha value is -0.370. The smallest absolute Gasteiger partial charge is 0.136 e. The number of Topliss-reactive ketones (excluding diaryl/α,β-unsaturated/α-hetero) is 1. The lowest BCUT2D eigenvalue weighted by Gasteiger charge is -2.46. The molecule has 5 rings (SSSR count). The van der Waals surface area contributed by atoms with Crippen LogP contribution < -0.4 is 5.32 Å². The Kier molecular flexibility index (Phi) is 2.58. The summed E-state index contributed by atoms with van der Waals surface area (Å²) in [5.74, 6) is 1.94. The topological polar surface area (TPSA) is 29.1 Å². The molecule has 5 aliphatic rings. The highest BCUT2D eigenvalue weighted by molar-refractivity contribution is 5.84. The highest BCUT2D eigenvalue weighted by Crippen LogP contribution is 2.63. The maximum absolute atomic E-state index is 12.3. The van der Waals surface area contributed by atoms with Crippen molar-refractivity contribution in [3.05, 3.63) is 0 Å². The number of fused-ring (bicyclic) bond motifs is 2. The Morgan fingerprint density at radius 2 is 1.78 bits per heavy atom. The first-order valence-corrected chi connectivity index (χ1v) is 8.04. The number of piperidine rings is 1. The molecule has 3 unspecified atom stereocenters. The minimum atomic E-state index is 0.483. The van der Waals surface area contributed by atoms with Crippen molar-refractivity contribution in [3.63, 3.8) is 0 Å². The third-order valence-electron chi connectivity index (χ3n) is 6.25. The van der Waals surface area contributed by atoms with Gasteiger partial charge in [-0.05, 0) is 56.3 Å². The first-order chi connectivity index (χ1) is 8.75. The van der Waals surface area contributed by atoms with Crippen molar-refractivity contribution in [3.8, 4) is 0 Å². The van der Waals surface area contributed by atoms with E-state index in [0.29, 0.717) is 17.1 Å². The molecule has 2 bridgehead atoms. The van der Waals surface area contributed by atoms with Crippen molar-refractivity contribution in [1.29, 1.82) is 0 Å². The molecule has 2 saturated heterocycles. The maximum atomic E-state index is 12.3. The Bertz CT molecular complexity index is 342. The Morgan fingerprint density at radius 1 is 1.11 bits per heavy atom. The second kappa shape index (κ2) is 4.06. The van der Waals surface area contributed by atoms with Crippen LogP contribution in [-0.4, -0.2) is 17.9 Å². The minimum absolute atomic E-state index is 0.483. The van der Waals surface area contributed by atoms with Gasteiger partial charge in [0.05, 0.1) is 0 Å². The van der Waals surface area contributed by atoms with E-state index in [2.05, 4.69) is 5.32 Å². The van der Waals surface area contributed by atoms with Gasteiger partial charge in [0, 0.05) is 24.4 Å². The van der Waals surface area contributed by atoms with Gasteiger partial charge in [-0.1, -0.05) is 12.8 Å². The zero-order chi connectivity index (χ0) is 12.2. The predicted molar refractivity (Wildman–Crippen MR) is 71.3 cm³/mol. The van der Waals surface area contributed by atoms with Gasteiger partial charge >= 0.3 is 0 Å². The van der Waals surface area contributed by atoms with Crippen LogP contribution in [0.5, 0.6) is 0 Å². The van der Waals surface area contributed by atoms with Crippen molar-refractivity contribution in [2.24, 2.45) is 17.3 Å². The summed E-state index contributed by atoms with van der Waals surface area (Å²) in [7, 11) is 0. The zero-order valence-corrected chi connectivity index (χ0v) is 11.3. The van der Waals surface area contributed by atoms with E-state index in [0.717, 1.165) is 24.4 Å². The Labute approximate surface area is 110 Å². The van der Waals surface area contributed by atoms with Crippen molar-refractivity contribution in [2.75, 3.05) is 0 Å². The Balaban J connectivity index is 1.25. The van der Waals surface area contributed by atoms with Gasteiger partial charge in [-0.25, -0.2) is 0 Å². The van der Waals surface area contributed by atoms with Gasteiger partial charge in [-0.3, -0.25) is 4.79 Å². The van der Waals surface area contributed by atoms with Crippen LogP contribution >= 0.6 is 0 Å². The molecule has 1 spiro atoms. The monoisotopic (exact) mass is 247 g/mol. The van der Waals surface area contributed by atoms with Crippen LogP contribution in [0.1, 0.15) is 64.2 Å². The van der Waals surface area contributed by atoms with Crippen molar-refractivity contribution < 1.29 is 4.79 Å². The second-order valence-electron chi connectivity index (χ2n) is 7.46. The molecule has 2 aliphatic heterocycles. The highest BCUT2D eigenvalue weighted by Gasteiger charge is 2.57. The van der Waals surface area contributed by atoms with Gasteiger partial charge in [0.25, 0.3) is 0 Å². The SMILES string of the molecule is O=C(CCC1CC2CC(C1)N2)C1CC12CCCC2. The van der Waals surface area contributed by atoms with Gasteiger partial charge in [-0.15, -0.1) is 0 Å². The van der Waals surface area contributed by atoms with Crippen LogP contribution in [-0.2, 0) is 4.79 Å². The molecule has 0 aromatic rings. The molecular formula is C16H25NO. The molecule has 2 heteroatoms. The van der Waals surface area contributed by atoms with Gasteiger partial charge in [-0.2, -0.15) is 0 Å². The van der Waals surface area contributed by atoms with Crippen molar-refractivity contribution in [2.45, 2.75) is 76.3 Å². The average molecular weight is 247 g/mol. The molecule has 3 saturated carbocycles. The van der Waals surface area contributed by atoms with Crippen molar-refractivity contribution in [1.82, 2.24) is 5.32 Å². The van der Waals surface area contributed by atoms with E-state index in [1.54, 1.807) is 0 Å². The van der Waals surface area contributed by atoms with Gasteiger partial charge in [0.1, 0.15) is 5.78 Å². The molecule has 0 radical (unpaired) electrons. The van der Waals surface area contributed by atoms with E-state index in [-0.39, 0.29) is 0 Å². The van der Waals surface area contributed by atoms with E-state index in [4.69, 9.17) is 0 Å². The minimum Gasteiger partial charge on any atom is -0.311 e. The summed E-state index contributed by atoms with van der Waals surface area (Å²) in [6, 6.07) is 1.59. The normalized spacial score (nSPS) is 43.8. The molecule has 5 fully saturated rings. The number of carbonyl (C=O) groups is 1. The summed E-state index contributed by atoms with van der Waals surface area (Å²) >= 11 is 0. The number of hydrogen-bond acceptors (Lipinski definition) is 2. The highest BCUT2D eigenvalue weighted by atomic mass is 16.1. The zero-order valence-electron chi connectivity index (χ0n) is 11.3. The summed E-state index contributed by atoms with van der Waals surface area (Å²) in [6.07, 6.45) is 12.8. The number of carbonyl (C=O) groups excluding carboxylic acids is 1. The molecule has 2 nitrogen and oxygen atoms in total. The molecule has 0 amide bonds. The summed E-state index contributed by atoms with van der Waals surface area (Å²) in [4.78, 5) is 12.3. The molecular weight excluding hydrogens is 222 g/mol. The van der Waals surface area contributed by atoms with Crippen LogP contribution in [0.25, 0.3) is 0 Å². The first kappa shape index (κ1) is 11.5. The lowest BCUT2D eigenvalue weighted by atomic mass is 9.74. The number of nitrogens with one attached hydrogen (secondary N) is 1. The predicted octanol–water partition coefficient (Wildman–Crippen LogP) is 3.06. The molecule has 3 aliphatic carbocycles. The molecule has 3 atom stereocenters. The molecule has 0 aromatic carbocycles. The van der Waals surface area contributed by atoms with E-state index in [9.17, 15) is 4.79 Å². The Morgan fingerprint density at radius 3 is 2.44 bits per heavy atom. The van der Waals surface area contributed by atoms with Gasteiger partial charge in [0.15, 0.2) is 0 Å². The molecule has 100 valence electrons. The molecule has 0 aromatic heterocycles. The molecule has 2 heterocycles. The van der Waals surface area contributed by atoms with E-state index >= 15 is 0 Å². The summed E-state index contributed by atoms with van der Waals surface area (Å²) in [6.45, 7) is 0. The number of rotatable bonds is 4. The largest absolute Gasteiger partial charge is 0.311 e. The standard InChI is InChI=1S/C16H25NO/c18-15(14-10-16(14)5-1-2-6-16)4-3-11-7-12-9-13(8-11)17-12/h11-14,17H,1-10H2. The van der Waals surface area contributed by atoms with Gasteiger partial charge in [0.2, 0.25) is 0 Å². The van der Waals surface area contributed by atoms with E-state index in [1.807, 2.05) is 0 Å².